The van der Waals surface area contributed by atoms with Crippen molar-refractivity contribution in [2.24, 2.45) is 5.92 Å². The Labute approximate surface area is 126 Å². The van der Waals surface area contributed by atoms with Crippen LogP contribution in [0, 0.1) is 5.92 Å². The van der Waals surface area contributed by atoms with Crippen molar-refractivity contribution < 1.29 is 19.4 Å². The molecule has 0 aliphatic rings. The van der Waals surface area contributed by atoms with E-state index in [1.165, 1.54) is 0 Å². The second-order valence-electron chi connectivity index (χ2n) is 4.89. The summed E-state index contributed by atoms with van der Waals surface area (Å²) in [7, 11) is 0. The number of ether oxygens (including phenoxy) is 2. The molecule has 0 aliphatic carbocycles. The maximum atomic E-state index is 10.9. The molecule has 1 rings (SSSR count). The first-order valence-electron chi connectivity index (χ1n) is 7.37. The van der Waals surface area contributed by atoms with Crippen molar-refractivity contribution in [1.82, 2.24) is 4.90 Å². The standard InChI is InChI=1S/C16H25NO4/c1-4-17(12-13(3)16(18)19)10-11-21-15-8-6-14(7-9-15)20-5-2/h6-9,13H,4-5,10-12H2,1-3H3,(H,18,19). The van der Waals surface area contributed by atoms with E-state index in [1.807, 2.05) is 38.1 Å². The third-order valence-electron chi connectivity index (χ3n) is 3.21. The van der Waals surface area contributed by atoms with Gasteiger partial charge < -0.3 is 14.6 Å². The fourth-order valence-corrected chi connectivity index (χ4v) is 1.94. The molecule has 0 bridgehead atoms. The van der Waals surface area contributed by atoms with E-state index < -0.39 is 5.97 Å². The lowest BCUT2D eigenvalue weighted by Crippen LogP contribution is -2.34. The van der Waals surface area contributed by atoms with E-state index >= 15 is 0 Å². The van der Waals surface area contributed by atoms with Gasteiger partial charge in [-0.3, -0.25) is 9.69 Å². The molecule has 21 heavy (non-hydrogen) atoms. The van der Waals surface area contributed by atoms with Gasteiger partial charge in [0.25, 0.3) is 0 Å². The molecule has 118 valence electrons. The lowest BCUT2D eigenvalue weighted by Gasteiger charge is -2.22. The maximum absolute atomic E-state index is 10.9. The van der Waals surface area contributed by atoms with Crippen molar-refractivity contribution in [1.29, 1.82) is 0 Å². The predicted molar refractivity (Wildman–Crippen MR) is 82.0 cm³/mol. The third kappa shape index (κ3) is 6.49. The average molecular weight is 295 g/mol. The zero-order chi connectivity index (χ0) is 15.7. The molecule has 1 unspecified atom stereocenters. The van der Waals surface area contributed by atoms with Crippen LogP contribution < -0.4 is 9.47 Å². The highest BCUT2D eigenvalue weighted by molar-refractivity contribution is 5.69. The molecule has 0 radical (unpaired) electrons. The summed E-state index contributed by atoms with van der Waals surface area (Å²) in [5.74, 6) is 0.493. The minimum absolute atomic E-state index is 0.365. The molecule has 0 heterocycles. The Kier molecular flexibility index (Phi) is 7.61. The van der Waals surface area contributed by atoms with E-state index in [-0.39, 0.29) is 5.92 Å². The van der Waals surface area contributed by atoms with Gasteiger partial charge in [-0.2, -0.15) is 0 Å². The monoisotopic (exact) mass is 295 g/mol. The quantitative estimate of drug-likeness (QED) is 0.718. The first kappa shape index (κ1) is 17.3. The summed E-state index contributed by atoms with van der Waals surface area (Å²) in [6.07, 6.45) is 0. The zero-order valence-electron chi connectivity index (χ0n) is 13.0. The van der Waals surface area contributed by atoms with Gasteiger partial charge in [-0.1, -0.05) is 13.8 Å². The fourth-order valence-electron chi connectivity index (χ4n) is 1.94. The van der Waals surface area contributed by atoms with Crippen LogP contribution in [0.3, 0.4) is 0 Å². The van der Waals surface area contributed by atoms with E-state index in [2.05, 4.69) is 4.90 Å². The molecule has 5 nitrogen and oxygen atoms in total. The Morgan fingerprint density at radius 1 is 1.19 bits per heavy atom. The lowest BCUT2D eigenvalue weighted by atomic mass is 10.2. The van der Waals surface area contributed by atoms with Crippen molar-refractivity contribution in [2.45, 2.75) is 20.8 Å². The molecule has 1 N–H and O–H groups in total. The number of likely N-dealkylation sites (N-methyl/N-ethyl adjacent to an activating group) is 1. The number of aliphatic carboxylic acids is 1. The Balaban J connectivity index is 2.35. The van der Waals surface area contributed by atoms with E-state index in [9.17, 15) is 4.79 Å². The molecular formula is C16H25NO4. The number of carboxylic acids is 1. The van der Waals surface area contributed by atoms with Gasteiger partial charge in [0, 0.05) is 13.1 Å². The Morgan fingerprint density at radius 3 is 2.24 bits per heavy atom. The van der Waals surface area contributed by atoms with Crippen LogP contribution in [0.5, 0.6) is 11.5 Å². The lowest BCUT2D eigenvalue weighted by molar-refractivity contribution is -0.141. The van der Waals surface area contributed by atoms with Gasteiger partial charge in [0.1, 0.15) is 18.1 Å². The molecule has 1 atom stereocenters. The number of rotatable bonds is 10. The molecule has 5 heteroatoms. The smallest absolute Gasteiger partial charge is 0.307 e. The van der Waals surface area contributed by atoms with Crippen LogP contribution in [0.25, 0.3) is 0 Å². The Bertz CT molecular complexity index is 419. The van der Waals surface area contributed by atoms with Gasteiger partial charge in [-0.05, 0) is 37.7 Å². The summed E-state index contributed by atoms with van der Waals surface area (Å²) in [6.45, 7) is 8.93. The van der Waals surface area contributed by atoms with Crippen LogP contribution in [-0.4, -0.2) is 48.8 Å². The molecule has 1 aromatic rings. The van der Waals surface area contributed by atoms with E-state index in [1.54, 1.807) is 6.92 Å². The molecular weight excluding hydrogens is 270 g/mol. The number of nitrogens with zero attached hydrogens (tertiary/aromatic N) is 1. The minimum Gasteiger partial charge on any atom is -0.494 e. The molecule has 0 amide bonds. The van der Waals surface area contributed by atoms with Gasteiger partial charge in [-0.15, -0.1) is 0 Å². The number of benzene rings is 1. The highest BCUT2D eigenvalue weighted by Crippen LogP contribution is 2.17. The molecule has 1 aromatic carbocycles. The van der Waals surface area contributed by atoms with Crippen molar-refractivity contribution in [2.75, 3.05) is 32.8 Å². The third-order valence-corrected chi connectivity index (χ3v) is 3.21. The predicted octanol–water partition coefficient (Wildman–Crippen LogP) is 2.51. The van der Waals surface area contributed by atoms with E-state index in [0.29, 0.717) is 26.3 Å². The number of hydrogen-bond donors (Lipinski definition) is 1. The first-order chi connectivity index (χ1) is 10.1. The van der Waals surface area contributed by atoms with E-state index in [4.69, 9.17) is 14.6 Å². The van der Waals surface area contributed by atoms with Crippen LogP contribution in [-0.2, 0) is 4.79 Å². The zero-order valence-corrected chi connectivity index (χ0v) is 13.0. The van der Waals surface area contributed by atoms with Gasteiger partial charge in [-0.25, -0.2) is 0 Å². The largest absolute Gasteiger partial charge is 0.494 e. The Hall–Kier alpha value is -1.75. The fraction of sp³-hybridized carbons (Fsp3) is 0.562. The Morgan fingerprint density at radius 2 is 1.76 bits per heavy atom. The van der Waals surface area contributed by atoms with Crippen LogP contribution in [0.4, 0.5) is 0 Å². The number of carboxylic acid groups (broad SMARTS) is 1. The van der Waals surface area contributed by atoms with Crippen molar-refractivity contribution in [3.8, 4) is 11.5 Å². The highest BCUT2D eigenvalue weighted by Gasteiger charge is 2.14. The van der Waals surface area contributed by atoms with Crippen molar-refractivity contribution >= 4 is 5.97 Å². The molecule has 0 aliphatic heterocycles. The number of carbonyl (C=O) groups is 1. The highest BCUT2D eigenvalue weighted by atomic mass is 16.5. The summed E-state index contributed by atoms with van der Waals surface area (Å²) in [6, 6.07) is 7.51. The second kappa shape index (κ2) is 9.23. The summed E-state index contributed by atoms with van der Waals surface area (Å²) < 4.78 is 11.0. The van der Waals surface area contributed by atoms with Gasteiger partial charge in [0.15, 0.2) is 0 Å². The van der Waals surface area contributed by atoms with Crippen molar-refractivity contribution in [3.05, 3.63) is 24.3 Å². The maximum Gasteiger partial charge on any atom is 0.307 e. The van der Waals surface area contributed by atoms with Crippen LogP contribution in [0.1, 0.15) is 20.8 Å². The SMILES string of the molecule is CCOc1ccc(OCCN(CC)CC(C)C(=O)O)cc1. The summed E-state index contributed by atoms with van der Waals surface area (Å²) in [5, 5.41) is 8.93. The van der Waals surface area contributed by atoms with Crippen LogP contribution >= 0.6 is 0 Å². The molecule has 0 fully saturated rings. The van der Waals surface area contributed by atoms with Crippen LogP contribution in [0.15, 0.2) is 24.3 Å². The van der Waals surface area contributed by atoms with Gasteiger partial charge >= 0.3 is 5.97 Å². The number of hydrogen-bond acceptors (Lipinski definition) is 4. The van der Waals surface area contributed by atoms with Crippen molar-refractivity contribution in [3.63, 3.8) is 0 Å². The molecule has 0 saturated heterocycles. The first-order valence-corrected chi connectivity index (χ1v) is 7.37. The normalized spacial score (nSPS) is 12.2. The minimum atomic E-state index is -0.763. The summed E-state index contributed by atoms with van der Waals surface area (Å²) >= 11 is 0. The molecule has 0 aromatic heterocycles. The van der Waals surface area contributed by atoms with E-state index in [0.717, 1.165) is 18.0 Å². The van der Waals surface area contributed by atoms with Crippen LogP contribution in [0.2, 0.25) is 0 Å². The average Bonchev–Trinajstić information content (AvgIpc) is 2.48. The van der Waals surface area contributed by atoms with Gasteiger partial charge in [0.05, 0.1) is 12.5 Å². The molecule has 0 saturated carbocycles. The molecule has 0 spiro atoms. The second-order valence-corrected chi connectivity index (χ2v) is 4.89. The summed E-state index contributed by atoms with van der Waals surface area (Å²) in [5.41, 5.74) is 0. The van der Waals surface area contributed by atoms with Gasteiger partial charge in [0.2, 0.25) is 0 Å². The topological polar surface area (TPSA) is 59.0 Å². The summed E-state index contributed by atoms with van der Waals surface area (Å²) in [4.78, 5) is 12.9.